The lowest BCUT2D eigenvalue weighted by molar-refractivity contribution is -0.148. The fraction of sp³-hybridized carbons (Fsp3) is 0.440. The average molecular weight is 550 g/mol. The Morgan fingerprint density at radius 3 is 2.67 bits per heavy atom. The van der Waals surface area contributed by atoms with E-state index in [0.717, 1.165) is 5.56 Å². The van der Waals surface area contributed by atoms with E-state index in [1.54, 1.807) is 10.9 Å². The van der Waals surface area contributed by atoms with Gasteiger partial charge in [0.05, 0.1) is 12.4 Å². The highest BCUT2D eigenvalue weighted by molar-refractivity contribution is 6.38. The molecule has 208 valence electrons. The molecule has 2 aromatic heterocycles. The molecule has 2 saturated heterocycles. The molecule has 0 spiro atoms. The molecule has 2 fully saturated rings. The zero-order valence-electron chi connectivity index (χ0n) is 21.5. The Balaban J connectivity index is 1.24. The summed E-state index contributed by atoms with van der Waals surface area (Å²) in [7, 11) is 0. The largest absolute Gasteiger partial charge is 0.477 e. The second-order valence-electron chi connectivity index (χ2n) is 9.48. The molecule has 3 aromatic rings. The Kier molecular flexibility index (Phi) is 7.15. The van der Waals surface area contributed by atoms with E-state index in [-0.39, 0.29) is 17.6 Å². The molecule has 0 radical (unpaired) electrons. The number of rotatable bonds is 9. The van der Waals surface area contributed by atoms with Crippen LogP contribution in [-0.2, 0) is 19.0 Å². The zero-order valence-corrected chi connectivity index (χ0v) is 21.5. The van der Waals surface area contributed by atoms with Crippen LogP contribution in [0.1, 0.15) is 44.3 Å². The van der Waals surface area contributed by atoms with Gasteiger partial charge in [0.1, 0.15) is 24.6 Å². The van der Waals surface area contributed by atoms with Gasteiger partial charge in [0.2, 0.25) is 0 Å². The summed E-state index contributed by atoms with van der Waals surface area (Å²) in [6.07, 6.45) is 2.10. The number of fused-ring (bicyclic) bond motifs is 2. The molecular formula is C25H27N9O6. The molecule has 2 amide bonds. The molecule has 6 rings (SSSR count). The van der Waals surface area contributed by atoms with Crippen molar-refractivity contribution in [2.24, 2.45) is 15.4 Å². The Morgan fingerprint density at radius 1 is 1.05 bits per heavy atom. The number of carboxylic acids is 1. The molecule has 3 aliphatic rings. The van der Waals surface area contributed by atoms with Crippen LogP contribution < -0.4 is 10.6 Å². The van der Waals surface area contributed by atoms with Crippen molar-refractivity contribution in [1.29, 1.82) is 0 Å². The molecule has 40 heavy (non-hydrogen) atoms. The third kappa shape index (κ3) is 4.89. The lowest BCUT2D eigenvalue weighted by Crippen LogP contribution is -2.29. The monoisotopic (exact) mass is 549 g/mol. The quantitative estimate of drug-likeness (QED) is 0.361. The van der Waals surface area contributed by atoms with Crippen LogP contribution in [0.2, 0.25) is 0 Å². The lowest BCUT2D eigenvalue weighted by atomic mass is 10.0. The lowest BCUT2D eigenvalue weighted by Gasteiger charge is -2.21. The normalized spacial score (nSPS) is 27.1. The van der Waals surface area contributed by atoms with Crippen molar-refractivity contribution >= 4 is 34.7 Å². The van der Waals surface area contributed by atoms with Gasteiger partial charge in [0.15, 0.2) is 35.2 Å². The van der Waals surface area contributed by atoms with Gasteiger partial charge in [-0.1, -0.05) is 30.3 Å². The molecule has 0 aliphatic carbocycles. The molecule has 0 bridgehead atoms. The van der Waals surface area contributed by atoms with E-state index in [1.165, 1.54) is 6.33 Å². The minimum Gasteiger partial charge on any atom is -0.477 e. The van der Waals surface area contributed by atoms with Crippen LogP contribution >= 0.6 is 0 Å². The maximum atomic E-state index is 12.1. The van der Waals surface area contributed by atoms with Crippen molar-refractivity contribution in [3.8, 4) is 0 Å². The fourth-order valence-electron chi connectivity index (χ4n) is 5.15. The smallest absolute Gasteiger partial charge is 0.354 e. The van der Waals surface area contributed by atoms with Crippen LogP contribution in [0, 0.1) is 0 Å². The number of carbonyl (C=O) groups excluding carboxylic acids is 1. The highest BCUT2D eigenvalue weighted by Gasteiger charge is 2.53. The van der Waals surface area contributed by atoms with Crippen molar-refractivity contribution in [3.05, 3.63) is 48.5 Å². The van der Waals surface area contributed by atoms with E-state index < -0.39 is 42.8 Å². The minimum absolute atomic E-state index is 0.0608. The summed E-state index contributed by atoms with van der Waals surface area (Å²) in [5, 5.41) is 25.8. The number of nitrogens with one attached hydrogen (secondary N) is 2. The molecule has 1 aromatic carbocycles. The third-order valence-electron chi connectivity index (χ3n) is 6.97. The number of aromatic nitrogens is 4. The van der Waals surface area contributed by atoms with Crippen molar-refractivity contribution in [3.63, 3.8) is 0 Å². The molecule has 6 atom stereocenters. The van der Waals surface area contributed by atoms with Gasteiger partial charge in [0, 0.05) is 12.1 Å². The molecule has 3 N–H and O–H groups in total. The molecular weight excluding hydrogens is 522 g/mol. The van der Waals surface area contributed by atoms with Crippen molar-refractivity contribution in [2.75, 3.05) is 11.9 Å². The van der Waals surface area contributed by atoms with Crippen LogP contribution in [0.25, 0.3) is 11.2 Å². The van der Waals surface area contributed by atoms with Gasteiger partial charge in [-0.3, -0.25) is 9.88 Å². The number of nitrogens with zero attached hydrogens (tertiary/aromatic N) is 7. The molecule has 0 saturated carbocycles. The number of ether oxygens (including phenoxy) is 3. The zero-order chi connectivity index (χ0) is 27.6. The van der Waals surface area contributed by atoms with Gasteiger partial charge in [-0.15, -0.1) is 5.10 Å². The summed E-state index contributed by atoms with van der Waals surface area (Å²) in [6.45, 7) is 2.28. The van der Waals surface area contributed by atoms with Gasteiger partial charge in [-0.25, -0.2) is 24.5 Å². The first-order valence-corrected chi connectivity index (χ1v) is 13.0. The van der Waals surface area contributed by atoms with Crippen molar-refractivity contribution in [2.45, 2.75) is 63.1 Å². The highest BCUT2D eigenvalue weighted by Crippen LogP contribution is 2.46. The summed E-state index contributed by atoms with van der Waals surface area (Å²) in [5.74, 6) is -0.853. The number of hydrogen-bond donors (Lipinski definition) is 3. The van der Waals surface area contributed by atoms with Crippen molar-refractivity contribution < 1.29 is 28.9 Å². The summed E-state index contributed by atoms with van der Waals surface area (Å²) >= 11 is 0. The van der Waals surface area contributed by atoms with Gasteiger partial charge >= 0.3 is 12.0 Å². The van der Waals surface area contributed by atoms with E-state index in [0.29, 0.717) is 37.0 Å². The number of benzene rings is 1. The number of urea groups is 1. The van der Waals surface area contributed by atoms with Crippen molar-refractivity contribution in [1.82, 2.24) is 24.8 Å². The topological polar surface area (TPSA) is 187 Å². The Hall–Kier alpha value is -4.34. The number of amides is 2. The van der Waals surface area contributed by atoms with Crippen LogP contribution in [0.5, 0.6) is 0 Å². The second-order valence-corrected chi connectivity index (χ2v) is 9.48. The molecule has 15 nitrogen and oxygen atoms in total. The molecule has 5 unspecified atom stereocenters. The molecule has 5 heterocycles. The SMILES string of the molecule is CCNC(=O)Nc1ncnc2c1ncn2C1OC(CCCC2N=NN=C2C(=O)O)C2O[C@H](c3ccccc3)OC21. The van der Waals surface area contributed by atoms with E-state index in [1.807, 2.05) is 37.3 Å². The van der Waals surface area contributed by atoms with E-state index in [4.69, 9.17) is 14.2 Å². The third-order valence-corrected chi connectivity index (χ3v) is 6.97. The predicted molar refractivity (Wildman–Crippen MR) is 138 cm³/mol. The maximum Gasteiger partial charge on any atom is 0.354 e. The number of carbonyl (C=O) groups is 2. The Morgan fingerprint density at radius 2 is 1.88 bits per heavy atom. The van der Waals surface area contributed by atoms with Crippen LogP contribution in [0.3, 0.4) is 0 Å². The Labute approximate surface area is 227 Å². The molecule has 15 heteroatoms. The summed E-state index contributed by atoms with van der Waals surface area (Å²) in [4.78, 5) is 36.5. The van der Waals surface area contributed by atoms with Gasteiger partial charge in [-0.2, -0.15) is 5.11 Å². The fourth-order valence-corrected chi connectivity index (χ4v) is 5.15. The van der Waals surface area contributed by atoms with E-state index in [9.17, 15) is 14.7 Å². The average Bonchev–Trinajstić information content (AvgIpc) is 3.74. The number of carboxylic acid groups (broad SMARTS) is 1. The summed E-state index contributed by atoms with van der Waals surface area (Å²) in [6, 6.07) is 8.65. The first-order valence-electron chi connectivity index (χ1n) is 13.0. The van der Waals surface area contributed by atoms with E-state index >= 15 is 0 Å². The first kappa shape index (κ1) is 25.9. The number of aliphatic carboxylic acids is 1. The van der Waals surface area contributed by atoms with Crippen LogP contribution in [0.4, 0.5) is 10.6 Å². The first-order chi connectivity index (χ1) is 19.5. The number of imidazole rings is 1. The summed E-state index contributed by atoms with van der Waals surface area (Å²) < 4.78 is 21.0. The minimum atomic E-state index is -1.12. The van der Waals surface area contributed by atoms with E-state index in [2.05, 4.69) is 41.0 Å². The maximum absolute atomic E-state index is 12.1. The summed E-state index contributed by atoms with van der Waals surface area (Å²) in [5.41, 5.74) is 1.69. The highest BCUT2D eigenvalue weighted by atomic mass is 16.8. The number of anilines is 1. The van der Waals surface area contributed by atoms with Gasteiger partial charge in [-0.05, 0) is 31.4 Å². The standard InChI is InChI=1S/C25H27N9O6/c1-2-26-25(37)30-20-17-21(28-11-27-20)34(12-29-17)22-19-18(39-24(40-19)13-7-4-3-5-8-13)15(38-22)10-6-9-14-16(23(35)36)32-33-31-14/h3-5,7-8,11-12,14-15,18-19,22,24H,2,6,9-10H2,1H3,(H,35,36)(H2,26,27,28,30,37)/t14?,15?,18?,19?,22?,24-/m0/s1. The van der Waals surface area contributed by atoms with Crippen LogP contribution in [0.15, 0.2) is 58.4 Å². The van der Waals surface area contributed by atoms with Gasteiger partial charge < -0.3 is 24.6 Å². The Bertz CT molecular complexity index is 1460. The van der Waals surface area contributed by atoms with Gasteiger partial charge in [0.25, 0.3) is 0 Å². The second kappa shape index (κ2) is 11.0. The van der Waals surface area contributed by atoms with Crippen LogP contribution in [-0.4, -0.2) is 73.2 Å². The predicted octanol–water partition coefficient (Wildman–Crippen LogP) is 2.79. The number of hydrogen-bond acceptors (Lipinski definition) is 11. The molecule has 3 aliphatic heterocycles.